The van der Waals surface area contributed by atoms with Crippen LogP contribution in [0.25, 0.3) is 0 Å². The van der Waals surface area contributed by atoms with Gasteiger partial charge in [0.2, 0.25) is 0 Å². The van der Waals surface area contributed by atoms with Gasteiger partial charge in [0.15, 0.2) is 0 Å². The highest BCUT2D eigenvalue weighted by Crippen LogP contribution is 2.33. The fourth-order valence-corrected chi connectivity index (χ4v) is 4.76. The van der Waals surface area contributed by atoms with E-state index >= 15 is 0 Å². The van der Waals surface area contributed by atoms with Crippen molar-refractivity contribution in [3.8, 4) is 0 Å². The third-order valence-electron chi connectivity index (χ3n) is 1.87. The minimum atomic E-state index is 0.391. The van der Waals surface area contributed by atoms with Gasteiger partial charge < -0.3 is 0 Å². The van der Waals surface area contributed by atoms with Gasteiger partial charge in [-0.2, -0.15) is 35.3 Å². The lowest BCUT2D eigenvalue weighted by atomic mass is 10.3. The fourth-order valence-electron chi connectivity index (χ4n) is 1.20. The fraction of sp³-hybridized carbons (Fsp3) is 1.00. The molecule has 0 aromatic rings. The molecule has 0 aromatic carbocycles. The molecule has 0 nitrogen and oxygen atoms in total. The topological polar surface area (TPSA) is 0 Å². The molecule has 0 heterocycles. The Bertz CT molecular complexity index is 180. The van der Waals surface area contributed by atoms with Crippen LogP contribution >= 0.6 is 35.3 Å². The van der Waals surface area contributed by atoms with Gasteiger partial charge in [0.25, 0.3) is 0 Å². The highest BCUT2D eigenvalue weighted by Gasteiger charge is 2.20. The van der Waals surface area contributed by atoms with Gasteiger partial charge in [-0.25, -0.2) is 0 Å². The van der Waals surface area contributed by atoms with Crippen molar-refractivity contribution in [2.45, 2.75) is 75.4 Å². The lowest BCUT2D eigenvalue weighted by Crippen LogP contribution is -2.21. The number of thioether (sulfide) groups is 3. The first-order valence-corrected chi connectivity index (χ1v) is 9.34. The molecule has 0 rings (SSSR count). The number of hydrogen-bond acceptors (Lipinski definition) is 3. The second-order valence-electron chi connectivity index (χ2n) is 6.65. The maximum absolute atomic E-state index is 2.31. The standard InChI is InChI=1S/C14H30S3/c1-11(2)17-12(9-15-13(3,4)5)10-16-14(6,7)8/h11-12H,9-10H2,1-8H3. The molecule has 0 aliphatic heterocycles. The minimum Gasteiger partial charge on any atom is -0.155 e. The monoisotopic (exact) mass is 294 g/mol. The Morgan fingerprint density at radius 3 is 1.35 bits per heavy atom. The zero-order valence-electron chi connectivity index (χ0n) is 12.8. The molecule has 0 amide bonds. The molecule has 0 unspecified atom stereocenters. The highest BCUT2D eigenvalue weighted by molar-refractivity contribution is 8.06. The summed E-state index contributed by atoms with van der Waals surface area (Å²) >= 11 is 6.34. The van der Waals surface area contributed by atoms with Gasteiger partial charge in [-0.1, -0.05) is 55.4 Å². The summed E-state index contributed by atoms with van der Waals surface area (Å²) in [5.41, 5.74) is 0. The van der Waals surface area contributed by atoms with Gasteiger partial charge in [0, 0.05) is 26.2 Å². The Labute approximate surface area is 122 Å². The zero-order valence-corrected chi connectivity index (χ0v) is 15.2. The van der Waals surface area contributed by atoms with Gasteiger partial charge in [0.05, 0.1) is 0 Å². The highest BCUT2D eigenvalue weighted by atomic mass is 32.2. The Morgan fingerprint density at radius 1 is 0.765 bits per heavy atom. The Morgan fingerprint density at radius 2 is 1.12 bits per heavy atom. The molecule has 0 N–H and O–H groups in total. The third-order valence-corrected chi connectivity index (χ3v) is 6.42. The molecule has 0 fully saturated rings. The van der Waals surface area contributed by atoms with Crippen LogP contribution < -0.4 is 0 Å². The van der Waals surface area contributed by atoms with E-state index in [-0.39, 0.29) is 0 Å². The predicted molar refractivity (Wildman–Crippen MR) is 90.9 cm³/mol. The van der Waals surface area contributed by atoms with Crippen LogP contribution in [0.1, 0.15) is 55.4 Å². The van der Waals surface area contributed by atoms with Gasteiger partial charge in [-0.15, -0.1) is 0 Å². The van der Waals surface area contributed by atoms with Crippen molar-refractivity contribution in [2.75, 3.05) is 11.5 Å². The normalized spacial score (nSPS) is 13.8. The second kappa shape index (κ2) is 7.59. The zero-order chi connectivity index (χ0) is 13.7. The summed E-state index contributed by atoms with van der Waals surface area (Å²) in [5, 5.41) is 1.52. The lowest BCUT2D eigenvalue weighted by molar-refractivity contribution is 0.797. The molecule has 0 bridgehead atoms. The van der Waals surface area contributed by atoms with E-state index in [1.165, 1.54) is 11.5 Å². The molecular formula is C14H30S3. The van der Waals surface area contributed by atoms with Crippen molar-refractivity contribution in [2.24, 2.45) is 0 Å². The Kier molecular flexibility index (Phi) is 8.06. The van der Waals surface area contributed by atoms with Crippen LogP contribution in [-0.4, -0.2) is 31.5 Å². The molecule has 0 saturated heterocycles. The summed E-state index contributed by atoms with van der Waals surface area (Å²) in [4.78, 5) is 0. The van der Waals surface area contributed by atoms with Gasteiger partial charge >= 0.3 is 0 Å². The summed E-state index contributed by atoms with van der Waals surface area (Å²) in [6, 6.07) is 0. The summed E-state index contributed by atoms with van der Waals surface area (Å²) in [7, 11) is 0. The number of rotatable bonds is 6. The quantitative estimate of drug-likeness (QED) is 0.629. The van der Waals surface area contributed by atoms with Crippen LogP contribution in [-0.2, 0) is 0 Å². The summed E-state index contributed by atoms with van der Waals surface area (Å²) in [6.07, 6.45) is 0. The predicted octanol–water partition coefficient (Wildman–Crippen LogP) is 5.56. The maximum Gasteiger partial charge on any atom is 0.0231 e. The second-order valence-corrected chi connectivity index (χ2v) is 12.2. The van der Waals surface area contributed by atoms with Crippen LogP contribution in [0.4, 0.5) is 0 Å². The molecular weight excluding hydrogens is 264 g/mol. The molecule has 0 spiro atoms. The van der Waals surface area contributed by atoms with Crippen LogP contribution in [0.2, 0.25) is 0 Å². The van der Waals surface area contributed by atoms with E-state index in [4.69, 9.17) is 0 Å². The van der Waals surface area contributed by atoms with Crippen molar-refractivity contribution < 1.29 is 0 Å². The van der Waals surface area contributed by atoms with Gasteiger partial charge in [-0.3, -0.25) is 0 Å². The van der Waals surface area contributed by atoms with Crippen LogP contribution in [0.5, 0.6) is 0 Å². The van der Waals surface area contributed by atoms with E-state index in [1.54, 1.807) is 0 Å². The Balaban J connectivity index is 4.15. The molecule has 0 saturated carbocycles. The van der Waals surface area contributed by atoms with E-state index in [9.17, 15) is 0 Å². The van der Waals surface area contributed by atoms with Crippen molar-refractivity contribution >= 4 is 35.3 Å². The van der Waals surface area contributed by atoms with Crippen molar-refractivity contribution in [3.63, 3.8) is 0 Å². The largest absolute Gasteiger partial charge is 0.155 e. The van der Waals surface area contributed by atoms with Crippen LogP contribution in [0.15, 0.2) is 0 Å². The number of hydrogen-bond donors (Lipinski definition) is 0. The molecule has 0 radical (unpaired) electrons. The smallest absolute Gasteiger partial charge is 0.0231 e. The molecule has 0 aliphatic carbocycles. The van der Waals surface area contributed by atoms with E-state index in [1.807, 2.05) is 0 Å². The van der Waals surface area contributed by atoms with Crippen LogP contribution in [0.3, 0.4) is 0 Å². The Hall–Kier alpha value is 1.05. The molecule has 0 aromatic heterocycles. The molecule has 17 heavy (non-hydrogen) atoms. The van der Waals surface area contributed by atoms with E-state index in [2.05, 4.69) is 90.7 Å². The summed E-state index contributed by atoms with van der Waals surface area (Å²) in [6.45, 7) is 18.5. The van der Waals surface area contributed by atoms with E-state index in [0.29, 0.717) is 9.49 Å². The van der Waals surface area contributed by atoms with Crippen molar-refractivity contribution in [3.05, 3.63) is 0 Å². The van der Waals surface area contributed by atoms with E-state index in [0.717, 1.165) is 10.5 Å². The first-order valence-electron chi connectivity index (χ1n) is 6.43. The van der Waals surface area contributed by atoms with E-state index < -0.39 is 0 Å². The van der Waals surface area contributed by atoms with Crippen LogP contribution in [0, 0.1) is 0 Å². The van der Waals surface area contributed by atoms with Crippen molar-refractivity contribution in [1.82, 2.24) is 0 Å². The first-order chi connectivity index (χ1) is 7.49. The lowest BCUT2D eigenvalue weighted by Gasteiger charge is -2.26. The maximum atomic E-state index is 2.31. The third kappa shape index (κ3) is 13.3. The van der Waals surface area contributed by atoms with Crippen molar-refractivity contribution in [1.29, 1.82) is 0 Å². The first kappa shape index (κ1) is 18.0. The molecule has 3 heteroatoms. The summed E-state index contributed by atoms with van der Waals surface area (Å²) in [5.74, 6) is 2.55. The SMILES string of the molecule is CC(C)SC(CSC(C)(C)C)CSC(C)(C)C. The molecule has 0 aliphatic rings. The average Bonchev–Trinajstić information content (AvgIpc) is 2.06. The molecule has 104 valence electrons. The molecule has 0 atom stereocenters. The summed E-state index contributed by atoms with van der Waals surface area (Å²) < 4.78 is 0.782. The van der Waals surface area contributed by atoms with Gasteiger partial charge in [0.1, 0.15) is 0 Å². The minimum absolute atomic E-state index is 0.391. The van der Waals surface area contributed by atoms with Gasteiger partial charge in [-0.05, 0) is 5.25 Å². The average molecular weight is 295 g/mol.